The van der Waals surface area contributed by atoms with Crippen LogP contribution in [-0.2, 0) is 23.0 Å². The summed E-state index contributed by atoms with van der Waals surface area (Å²) < 4.78 is 42.0. The fourth-order valence-corrected chi connectivity index (χ4v) is 3.95. The van der Waals surface area contributed by atoms with Crippen molar-refractivity contribution in [1.82, 2.24) is 4.57 Å². The van der Waals surface area contributed by atoms with Gasteiger partial charge < -0.3 is 4.57 Å². The first-order valence-corrected chi connectivity index (χ1v) is 8.37. The number of aryl methyl sites for hydroxylation is 1. The summed E-state index contributed by atoms with van der Waals surface area (Å²) in [5.74, 6) is -0.367. The SMILES string of the molecule is CCN(c1ccccc1F)S(=O)(=O)c1cc(CCl)n(C)c1. The lowest BCUT2D eigenvalue weighted by molar-refractivity contribution is 0.586. The number of hydrogen-bond acceptors (Lipinski definition) is 2. The molecule has 0 amide bonds. The molecule has 1 aromatic heterocycles. The highest BCUT2D eigenvalue weighted by atomic mass is 35.5. The number of nitrogens with zero attached hydrogens (tertiary/aromatic N) is 2. The predicted octanol–water partition coefficient (Wildman–Crippen LogP) is 3.12. The molecule has 0 aliphatic rings. The van der Waals surface area contributed by atoms with Gasteiger partial charge in [-0.1, -0.05) is 12.1 Å². The highest BCUT2D eigenvalue weighted by Gasteiger charge is 2.27. The lowest BCUT2D eigenvalue weighted by Crippen LogP contribution is -2.31. The first kappa shape index (κ1) is 15.9. The molecule has 21 heavy (non-hydrogen) atoms. The Labute approximate surface area is 128 Å². The van der Waals surface area contributed by atoms with Gasteiger partial charge in [0.05, 0.1) is 11.6 Å². The second-order valence-corrected chi connectivity index (χ2v) is 6.66. The van der Waals surface area contributed by atoms with Crippen molar-refractivity contribution in [3.8, 4) is 0 Å². The molecule has 0 aliphatic heterocycles. The quantitative estimate of drug-likeness (QED) is 0.790. The lowest BCUT2D eigenvalue weighted by atomic mass is 10.3. The van der Waals surface area contributed by atoms with Gasteiger partial charge in [-0.25, -0.2) is 12.8 Å². The summed E-state index contributed by atoms with van der Waals surface area (Å²) in [5.41, 5.74) is 0.719. The maximum Gasteiger partial charge on any atom is 0.265 e. The van der Waals surface area contributed by atoms with Crippen molar-refractivity contribution in [2.24, 2.45) is 7.05 Å². The number of para-hydroxylation sites is 1. The van der Waals surface area contributed by atoms with Gasteiger partial charge in [-0.15, -0.1) is 11.6 Å². The van der Waals surface area contributed by atoms with E-state index in [-0.39, 0.29) is 23.0 Å². The molecule has 7 heteroatoms. The number of sulfonamides is 1. The number of benzene rings is 1. The van der Waals surface area contributed by atoms with Crippen LogP contribution in [-0.4, -0.2) is 19.5 Å². The average molecular weight is 331 g/mol. The minimum absolute atomic E-state index is 0.0382. The number of aromatic nitrogens is 1. The van der Waals surface area contributed by atoms with E-state index in [0.29, 0.717) is 5.69 Å². The van der Waals surface area contributed by atoms with Crippen LogP contribution in [0.1, 0.15) is 12.6 Å². The van der Waals surface area contributed by atoms with Crippen LogP contribution in [0.4, 0.5) is 10.1 Å². The molecule has 0 bridgehead atoms. The van der Waals surface area contributed by atoms with Crippen molar-refractivity contribution < 1.29 is 12.8 Å². The Balaban J connectivity index is 2.52. The van der Waals surface area contributed by atoms with Crippen LogP contribution in [0.2, 0.25) is 0 Å². The summed E-state index contributed by atoms with van der Waals surface area (Å²) in [6.07, 6.45) is 1.48. The normalized spacial score (nSPS) is 11.6. The van der Waals surface area contributed by atoms with Crippen molar-refractivity contribution >= 4 is 27.3 Å². The smallest absolute Gasteiger partial charge is 0.265 e. The Kier molecular flexibility index (Phi) is 4.58. The lowest BCUT2D eigenvalue weighted by Gasteiger charge is -2.22. The van der Waals surface area contributed by atoms with Crippen LogP contribution >= 0.6 is 11.6 Å². The number of rotatable bonds is 5. The summed E-state index contributed by atoms with van der Waals surface area (Å²) in [6.45, 7) is 1.80. The van der Waals surface area contributed by atoms with E-state index in [4.69, 9.17) is 11.6 Å². The summed E-state index contributed by atoms with van der Waals surface area (Å²) in [7, 11) is -2.11. The molecule has 0 unspecified atom stereocenters. The van der Waals surface area contributed by atoms with Crippen molar-refractivity contribution in [2.75, 3.05) is 10.8 Å². The minimum Gasteiger partial charge on any atom is -0.352 e. The maximum absolute atomic E-state index is 13.9. The van der Waals surface area contributed by atoms with E-state index in [2.05, 4.69) is 0 Å². The Morgan fingerprint density at radius 3 is 2.52 bits per heavy atom. The van der Waals surface area contributed by atoms with E-state index in [1.54, 1.807) is 24.6 Å². The van der Waals surface area contributed by atoms with Crippen LogP contribution < -0.4 is 4.31 Å². The van der Waals surface area contributed by atoms with Gasteiger partial charge >= 0.3 is 0 Å². The van der Waals surface area contributed by atoms with Crippen LogP contribution in [0.5, 0.6) is 0 Å². The molecule has 2 aromatic rings. The first-order valence-electron chi connectivity index (χ1n) is 6.40. The van der Waals surface area contributed by atoms with Crippen LogP contribution in [0.25, 0.3) is 0 Å². The molecule has 1 heterocycles. The van der Waals surface area contributed by atoms with Crippen LogP contribution in [0.3, 0.4) is 0 Å². The standard InChI is InChI=1S/C14H16ClFN2O2S/c1-3-18(14-7-5-4-6-13(14)16)21(19,20)12-8-11(9-15)17(2)10-12/h4-8,10H,3,9H2,1-2H3. The van der Waals surface area contributed by atoms with Gasteiger partial charge in [-0.3, -0.25) is 4.31 Å². The van der Waals surface area contributed by atoms with Gasteiger partial charge in [0.15, 0.2) is 0 Å². The van der Waals surface area contributed by atoms with E-state index < -0.39 is 15.8 Å². The zero-order valence-corrected chi connectivity index (χ0v) is 13.3. The van der Waals surface area contributed by atoms with Crippen LogP contribution in [0.15, 0.2) is 41.4 Å². The van der Waals surface area contributed by atoms with E-state index in [1.807, 2.05) is 0 Å². The van der Waals surface area contributed by atoms with E-state index in [9.17, 15) is 12.8 Å². The summed E-state index contributed by atoms with van der Waals surface area (Å²) >= 11 is 5.76. The Morgan fingerprint density at radius 1 is 1.33 bits per heavy atom. The zero-order valence-electron chi connectivity index (χ0n) is 11.8. The molecule has 4 nitrogen and oxygen atoms in total. The fourth-order valence-electron chi connectivity index (χ4n) is 2.10. The second kappa shape index (κ2) is 6.07. The van der Waals surface area contributed by atoms with E-state index in [0.717, 1.165) is 4.31 Å². The molecule has 0 N–H and O–H groups in total. The first-order chi connectivity index (χ1) is 9.91. The Hall–Kier alpha value is -1.53. The summed E-state index contributed by atoms with van der Waals surface area (Å²) in [6, 6.07) is 7.31. The highest BCUT2D eigenvalue weighted by Crippen LogP contribution is 2.27. The predicted molar refractivity (Wildman–Crippen MR) is 81.6 cm³/mol. The van der Waals surface area contributed by atoms with Crippen molar-refractivity contribution in [3.63, 3.8) is 0 Å². The second-order valence-electron chi connectivity index (χ2n) is 4.53. The molecular weight excluding hydrogens is 315 g/mol. The third-order valence-electron chi connectivity index (χ3n) is 3.22. The van der Waals surface area contributed by atoms with Gasteiger partial charge in [-0.2, -0.15) is 0 Å². The molecule has 0 radical (unpaired) electrons. The van der Waals surface area contributed by atoms with Gasteiger partial charge in [0.2, 0.25) is 0 Å². The molecule has 0 spiro atoms. The molecule has 114 valence electrons. The van der Waals surface area contributed by atoms with E-state index >= 15 is 0 Å². The monoisotopic (exact) mass is 330 g/mol. The fraction of sp³-hybridized carbons (Fsp3) is 0.286. The topological polar surface area (TPSA) is 42.3 Å². The third kappa shape index (κ3) is 2.91. The minimum atomic E-state index is -3.82. The van der Waals surface area contributed by atoms with Crippen LogP contribution in [0, 0.1) is 5.82 Å². The van der Waals surface area contributed by atoms with Crippen molar-refractivity contribution in [3.05, 3.63) is 48.0 Å². The summed E-state index contributed by atoms with van der Waals surface area (Å²) in [4.78, 5) is 0.103. The third-order valence-corrected chi connectivity index (χ3v) is 5.34. The zero-order chi connectivity index (χ0) is 15.6. The van der Waals surface area contributed by atoms with Gasteiger partial charge in [0.1, 0.15) is 10.7 Å². The molecule has 2 rings (SSSR count). The number of hydrogen-bond donors (Lipinski definition) is 0. The molecule has 0 aliphatic carbocycles. The Morgan fingerprint density at radius 2 is 2.00 bits per heavy atom. The summed E-state index contributed by atoms with van der Waals surface area (Å²) in [5, 5.41) is 0. The van der Waals surface area contributed by atoms with E-state index in [1.165, 1.54) is 30.5 Å². The Bertz CT molecular complexity index is 743. The van der Waals surface area contributed by atoms with Crippen molar-refractivity contribution in [1.29, 1.82) is 0 Å². The maximum atomic E-state index is 13.9. The van der Waals surface area contributed by atoms with Gasteiger partial charge in [0, 0.05) is 25.5 Å². The average Bonchev–Trinajstić information content (AvgIpc) is 2.83. The largest absolute Gasteiger partial charge is 0.352 e. The molecule has 1 aromatic carbocycles. The molecule has 0 saturated carbocycles. The molecule has 0 fully saturated rings. The molecule has 0 saturated heterocycles. The number of anilines is 1. The molecule has 0 atom stereocenters. The van der Waals surface area contributed by atoms with Gasteiger partial charge in [-0.05, 0) is 25.1 Å². The van der Waals surface area contributed by atoms with Gasteiger partial charge in [0.25, 0.3) is 10.0 Å². The number of alkyl halides is 1. The highest BCUT2D eigenvalue weighted by molar-refractivity contribution is 7.92. The van der Waals surface area contributed by atoms with Crippen molar-refractivity contribution in [2.45, 2.75) is 17.7 Å². The number of halogens is 2. The molecular formula is C14H16ClFN2O2S.